The molecule has 6 heteroatoms. The van der Waals surface area contributed by atoms with E-state index < -0.39 is 0 Å². The van der Waals surface area contributed by atoms with Gasteiger partial charge >= 0.3 is 5.97 Å². The molecular formula is C20H20N2O4. The molecule has 0 saturated heterocycles. The Labute approximate surface area is 151 Å². The van der Waals surface area contributed by atoms with Gasteiger partial charge in [0.1, 0.15) is 6.10 Å². The summed E-state index contributed by atoms with van der Waals surface area (Å²) in [6.45, 7) is 1.08. The molecule has 4 rings (SSSR count). The van der Waals surface area contributed by atoms with Gasteiger partial charge in [0, 0.05) is 44.0 Å². The van der Waals surface area contributed by atoms with E-state index in [0.717, 1.165) is 33.5 Å². The number of fused-ring (bicyclic) bond motifs is 2. The summed E-state index contributed by atoms with van der Waals surface area (Å²) in [6.07, 6.45) is 2.35. The highest BCUT2D eigenvalue weighted by Crippen LogP contribution is 2.35. The number of pyridine rings is 1. The van der Waals surface area contributed by atoms with Crippen LogP contribution < -0.4 is 5.56 Å². The van der Waals surface area contributed by atoms with Crippen molar-refractivity contribution in [2.45, 2.75) is 25.5 Å². The molecule has 2 aliphatic rings. The van der Waals surface area contributed by atoms with Crippen molar-refractivity contribution < 1.29 is 14.3 Å². The standard InChI is InChI=1S/C20H20N2O4/c1-22-5-3-12(8-18(22)23)20-16-10-15-13(7-14(16)11-21-20)9-19(24)26-17(15)4-6-25-2/h3,5,7-8,10,17H,4,6,9,11H2,1-2H3. The number of aliphatic imine (C=N–C) groups is 1. The zero-order valence-electron chi connectivity index (χ0n) is 14.8. The van der Waals surface area contributed by atoms with Crippen LogP contribution in [0.25, 0.3) is 0 Å². The Morgan fingerprint density at radius 2 is 2.12 bits per heavy atom. The second-order valence-corrected chi connectivity index (χ2v) is 6.67. The first-order valence-corrected chi connectivity index (χ1v) is 8.63. The molecule has 3 heterocycles. The van der Waals surface area contributed by atoms with Crippen LogP contribution in [0.15, 0.2) is 40.2 Å². The summed E-state index contributed by atoms with van der Waals surface area (Å²) in [5, 5.41) is 0. The van der Waals surface area contributed by atoms with Crippen LogP contribution in [0.1, 0.15) is 40.3 Å². The number of carbonyl (C=O) groups excluding carboxylic acids is 1. The van der Waals surface area contributed by atoms with E-state index in [0.29, 0.717) is 19.6 Å². The highest BCUT2D eigenvalue weighted by molar-refractivity contribution is 6.15. The van der Waals surface area contributed by atoms with E-state index in [1.807, 2.05) is 6.07 Å². The minimum absolute atomic E-state index is 0.0662. The molecule has 0 aliphatic carbocycles. The number of aryl methyl sites for hydroxylation is 1. The number of rotatable bonds is 4. The van der Waals surface area contributed by atoms with Gasteiger partial charge in [-0.1, -0.05) is 6.07 Å². The number of hydrogen-bond donors (Lipinski definition) is 0. The first-order chi connectivity index (χ1) is 12.6. The second-order valence-electron chi connectivity index (χ2n) is 6.67. The van der Waals surface area contributed by atoms with Crippen LogP contribution in [0, 0.1) is 0 Å². The predicted molar refractivity (Wildman–Crippen MR) is 96.5 cm³/mol. The molecule has 2 aromatic rings. The number of benzene rings is 1. The normalized spacial score (nSPS) is 18.2. The molecule has 0 bridgehead atoms. The quantitative estimate of drug-likeness (QED) is 0.788. The van der Waals surface area contributed by atoms with Crippen LogP contribution >= 0.6 is 0 Å². The van der Waals surface area contributed by atoms with E-state index in [1.165, 1.54) is 4.57 Å². The fraction of sp³-hybridized carbons (Fsp3) is 0.350. The highest BCUT2D eigenvalue weighted by Gasteiger charge is 2.30. The molecule has 0 N–H and O–H groups in total. The number of hydrogen-bond acceptors (Lipinski definition) is 5. The molecule has 6 nitrogen and oxygen atoms in total. The zero-order valence-corrected chi connectivity index (χ0v) is 14.8. The Hall–Kier alpha value is -2.73. The van der Waals surface area contributed by atoms with Crippen LogP contribution in [0.3, 0.4) is 0 Å². The number of methoxy groups -OCH3 is 1. The summed E-state index contributed by atoms with van der Waals surface area (Å²) in [5.74, 6) is -0.204. The summed E-state index contributed by atoms with van der Waals surface area (Å²) in [7, 11) is 3.36. The van der Waals surface area contributed by atoms with Crippen LogP contribution in [0.5, 0.6) is 0 Å². The first kappa shape index (κ1) is 16.7. The Bertz CT molecular complexity index is 974. The smallest absolute Gasteiger partial charge is 0.310 e. The lowest BCUT2D eigenvalue weighted by Crippen LogP contribution is -2.23. The zero-order chi connectivity index (χ0) is 18.3. The summed E-state index contributed by atoms with van der Waals surface area (Å²) in [6, 6.07) is 7.64. The lowest BCUT2D eigenvalue weighted by molar-refractivity contribution is -0.151. The number of ether oxygens (including phenoxy) is 2. The van der Waals surface area contributed by atoms with E-state index >= 15 is 0 Å². The topological polar surface area (TPSA) is 69.9 Å². The van der Waals surface area contributed by atoms with E-state index in [4.69, 9.17) is 9.47 Å². The second kappa shape index (κ2) is 6.53. The molecule has 134 valence electrons. The van der Waals surface area contributed by atoms with Crippen molar-refractivity contribution in [3.8, 4) is 0 Å². The summed E-state index contributed by atoms with van der Waals surface area (Å²) in [4.78, 5) is 28.6. The molecule has 0 spiro atoms. The Morgan fingerprint density at radius 1 is 1.27 bits per heavy atom. The average molecular weight is 352 g/mol. The molecule has 1 unspecified atom stereocenters. The van der Waals surface area contributed by atoms with Gasteiger partial charge in [-0.3, -0.25) is 14.6 Å². The van der Waals surface area contributed by atoms with Gasteiger partial charge in [0.2, 0.25) is 0 Å². The number of esters is 1. The van der Waals surface area contributed by atoms with E-state index in [1.54, 1.807) is 26.4 Å². The van der Waals surface area contributed by atoms with Gasteiger partial charge in [0.25, 0.3) is 5.56 Å². The number of nitrogens with zero attached hydrogens (tertiary/aromatic N) is 2. The predicted octanol–water partition coefficient (Wildman–Crippen LogP) is 1.91. The Kier molecular flexibility index (Phi) is 4.20. The van der Waals surface area contributed by atoms with E-state index in [-0.39, 0.29) is 24.1 Å². The van der Waals surface area contributed by atoms with Crippen molar-refractivity contribution in [2.24, 2.45) is 12.0 Å². The average Bonchev–Trinajstić information content (AvgIpc) is 3.03. The molecule has 0 saturated carbocycles. The van der Waals surface area contributed by atoms with Crippen LogP contribution in [0.4, 0.5) is 0 Å². The van der Waals surface area contributed by atoms with Gasteiger partial charge < -0.3 is 14.0 Å². The maximum Gasteiger partial charge on any atom is 0.310 e. The maximum atomic E-state index is 12.0. The molecule has 2 aliphatic heterocycles. The fourth-order valence-electron chi connectivity index (χ4n) is 3.57. The molecule has 1 atom stereocenters. The number of cyclic esters (lactones) is 1. The summed E-state index contributed by atoms with van der Waals surface area (Å²) in [5.41, 5.74) is 5.68. The minimum atomic E-state index is -0.304. The highest BCUT2D eigenvalue weighted by atomic mass is 16.5. The molecule has 1 aromatic carbocycles. The molecule has 0 amide bonds. The SMILES string of the molecule is COCCC1OC(=O)Cc2cc3c(cc21)C(c1ccn(C)c(=O)c1)=NC3. The van der Waals surface area contributed by atoms with Crippen molar-refractivity contribution in [3.05, 3.63) is 68.6 Å². The van der Waals surface area contributed by atoms with Gasteiger partial charge in [0.15, 0.2) is 0 Å². The van der Waals surface area contributed by atoms with E-state index in [2.05, 4.69) is 17.1 Å². The van der Waals surface area contributed by atoms with Crippen molar-refractivity contribution in [2.75, 3.05) is 13.7 Å². The Morgan fingerprint density at radius 3 is 2.88 bits per heavy atom. The molecular weight excluding hydrogens is 332 g/mol. The minimum Gasteiger partial charge on any atom is -0.457 e. The van der Waals surface area contributed by atoms with Gasteiger partial charge in [-0.05, 0) is 28.8 Å². The van der Waals surface area contributed by atoms with Crippen molar-refractivity contribution in [1.82, 2.24) is 4.57 Å². The monoisotopic (exact) mass is 352 g/mol. The first-order valence-electron chi connectivity index (χ1n) is 8.63. The van der Waals surface area contributed by atoms with Crippen LogP contribution in [0.2, 0.25) is 0 Å². The number of aromatic nitrogens is 1. The Balaban J connectivity index is 1.76. The molecule has 0 fully saturated rings. The fourth-order valence-corrected chi connectivity index (χ4v) is 3.57. The molecule has 1 aromatic heterocycles. The van der Waals surface area contributed by atoms with Crippen LogP contribution in [-0.4, -0.2) is 30.0 Å². The van der Waals surface area contributed by atoms with E-state index in [9.17, 15) is 9.59 Å². The third kappa shape index (κ3) is 2.86. The van der Waals surface area contributed by atoms with Gasteiger partial charge in [-0.15, -0.1) is 0 Å². The van der Waals surface area contributed by atoms with Crippen molar-refractivity contribution in [1.29, 1.82) is 0 Å². The lowest BCUT2D eigenvalue weighted by atomic mass is 9.89. The van der Waals surface area contributed by atoms with Crippen molar-refractivity contribution in [3.63, 3.8) is 0 Å². The van der Waals surface area contributed by atoms with Gasteiger partial charge in [0.05, 0.1) is 25.3 Å². The lowest BCUT2D eigenvalue weighted by Gasteiger charge is -2.26. The molecule has 26 heavy (non-hydrogen) atoms. The van der Waals surface area contributed by atoms with Crippen LogP contribution in [-0.2, 0) is 34.3 Å². The molecule has 0 radical (unpaired) electrons. The summed E-state index contributed by atoms with van der Waals surface area (Å²) < 4.78 is 12.2. The maximum absolute atomic E-state index is 12.0. The van der Waals surface area contributed by atoms with Crippen molar-refractivity contribution >= 4 is 11.7 Å². The largest absolute Gasteiger partial charge is 0.457 e. The third-order valence-electron chi connectivity index (χ3n) is 4.94. The van der Waals surface area contributed by atoms with Gasteiger partial charge in [-0.2, -0.15) is 0 Å². The van der Waals surface area contributed by atoms with Gasteiger partial charge in [-0.25, -0.2) is 0 Å². The number of carbonyl (C=O) groups is 1. The summed E-state index contributed by atoms with van der Waals surface area (Å²) >= 11 is 0. The third-order valence-corrected chi connectivity index (χ3v) is 4.94.